The Morgan fingerprint density at radius 1 is 1.21 bits per heavy atom. The van der Waals surface area contributed by atoms with E-state index in [0.717, 1.165) is 25.1 Å². The molecule has 0 unspecified atom stereocenters. The maximum Gasteiger partial charge on any atom is 0.0936 e. The van der Waals surface area contributed by atoms with E-state index >= 15 is 0 Å². The molecule has 3 heteroatoms. The highest BCUT2D eigenvalue weighted by Gasteiger charge is 2.11. The van der Waals surface area contributed by atoms with Crippen LogP contribution in [0.3, 0.4) is 0 Å². The van der Waals surface area contributed by atoms with Crippen molar-refractivity contribution in [3.8, 4) is 11.3 Å². The molecule has 0 saturated carbocycles. The van der Waals surface area contributed by atoms with Crippen LogP contribution in [-0.4, -0.2) is 18.7 Å². The van der Waals surface area contributed by atoms with E-state index in [4.69, 9.17) is 9.72 Å². The van der Waals surface area contributed by atoms with Gasteiger partial charge in [-0.2, -0.15) is 0 Å². The standard InChI is InChI=1S/C16H21NOS/c1-11-7-8-12(2)14(10-11)16-13(3)19-15(17-16)6-5-9-18-4/h7-8,10H,5-6,9H2,1-4H3. The minimum Gasteiger partial charge on any atom is -0.385 e. The van der Waals surface area contributed by atoms with Gasteiger partial charge in [-0.15, -0.1) is 11.3 Å². The Hall–Kier alpha value is -1.19. The molecule has 0 aliphatic heterocycles. The average Bonchev–Trinajstić information content (AvgIpc) is 2.74. The summed E-state index contributed by atoms with van der Waals surface area (Å²) >= 11 is 1.81. The van der Waals surface area contributed by atoms with Gasteiger partial charge in [-0.25, -0.2) is 4.98 Å². The first-order chi connectivity index (χ1) is 9.11. The minimum absolute atomic E-state index is 0.803. The van der Waals surface area contributed by atoms with Crippen molar-refractivity contribution in [2.24, 2.45) is 0 Å². The third kappa shape index (κ3) is 3.43. The molecule has 0 aliphatic carbocycles. The number of methoxy groups -OCH3 is 1. The highest BCUT2D eigenvalue weighted by Crippen LogP contribution is 2.30. The van der Waals surface area contributed by atoms with Crippen molar-refractivity contribution >= 4 is 11.3 Å². The van der Waals surface area contributed by atoms with Crippen LogP contribution in [0.1, 0.15) is 27.4 Å². The predicted molar refractivity (Wildman–Crippen MR) is 82.0 cm³/mol. The molecule has 102 valence electrons. The summed E-state index contributed by atoms with van der Waals surface area (Å²) in [6, 6.07) is 6.56. The second kappa shape index (κ2) is 6.31. The molecule has 0 spiro atoms. The molecular formula is C16H21NOS. The lowest BCUT2D eigenvalue weighted by atomic mass is 10.0. The van der Waals surface area contributed by atoms with Crippen molar-refractivity contribution < 1.29 is 4.74 Å². The van der Waals surface area contributed by atoms with E-state index in [1.807, 2.05) is 11.3 Å². The summed E-state index contributed by atoms with van der Waals surface area (Å²) in [6.07, 6.45) is 2.04. The van der Waals surface area contributed by atoms with Crippen LogP contribution in [0.5, 0.6) is 0 Å². The first-order valence-corrected chi connectivity index (χ1v) is 7.46. The highest BCUT2D eigenvalue weighted by molar-refractivity contribution is 7.12. The van der Waals surface area contributed by atoms with Crippen LogP contribution in [0.2, 0.25) is 0 Å². The largest absolute Gasteiger partial charge is 0.385 e. The molecule has 1 aromatic carbocycles. The molecule has 2 rings (SSSR count). The number of rotatable bonds is 5. The SMILES string of the molecule is COCCCc1nc(-c2cc(C)ccc2C)c(C)s1. The summed E-state index contributed by atoms with van der Waals surface area (Å²) in [7, 11) is 1.74. The molecule has 0 aliphatic rings. The summed E-state index contributed by atoms with van der Waals surface area (Å²) < 4.78 is 5.10. The number of aromatic nitrogens is 1. The van der Waals surface area contributed by atoms with Gasteiger partial charge in [0.15, 0.2) is 0 Å². The summed E-state index contributed by atoms with van der Waals surface area (Å²) in [4.78, 5) is 6.12. The van der Waals surface area contributed by atoms with Gasteiger partial charge in [0.05, 0.1) is 10.7 Å². The van der Waals surface area contributed by atoms with Gasteiger partial charge in [0.2, 0.25) is 0 Å². The van der Waals surface area contributed by atoms with E-state index in [-0.39, 0.29) is 0 Å². The molecular weight excluding hydrogens is 254 g/mol. The molecule has 19 heavy (non-hydrogen) atoms. The van der Waals surface area contributed by atoms with Crippen molar-refractivity contribution in [3.05, 3.63) is 39.2 Å². The molecule has 0 atom stereocenters. The fourth-order valence-corrected chi connectivity index (χ4v) is 3.16. The van der Waals surface area contributed by atoms with E-state index in [9.17, 15) is 0 Å². The van der Waals surface area contributed by atoms with Crippen molar-refractivity contribution in [3.63, 3.8) is 0 Å². The summed E-state index contributed by atoms with van der Waals surface area (Å²) in [6.45, 7) is 7.24. The van der Waals surface area contributed by atoms with Gasteiger partial charge in [-0.05, 0) is 38.8 Å². The molecule has 0 bridgehead atoms. The van der Waals surface area contributed by atoms with E-state index < -0.39 is 0 Å². The van der Waals surface area contributed by atoms with Crippen molar-refractivity contribution in [1.29, 1.82) is 0 Å². The number of ether oxygens (including phenoxy) is 1. The Morgan fingerprint density at radius 2 is 2.00 bits per heavy atom. The normalized spacial score (nSPS) is 10.9. The number of nitrogens with zero attached hydrogens (tertiary/aromatic N) is 1. The molecule has 0 radical (unpaired) electrons. The number of aryl methyl sites for hydroxylation is 4. The van der Waals surface area contributed by atoms with Crippen molar-refractivity contribution in [2.75, 3.05) is 13.7 Å². The van der Waals surface area contributed by atoms with E-state index in [2.05, 4.69) is 39.0 Å². The van der Waals surface area contributed by atoms with Crippen molar-refractivity contribution in [2.45, 2.75) is 33.6 Å². The zero-order chi connectivity index (χ0) is 13.8. The Labute approximate surface area is 119 Å². The Bertz CT molecular complexity index is 560. The number of benzene rings is 1. The van der Waals surface area contributed by atoms with Crippen LogP contribution >= 0.6 is 11.3 Å². The van der Waals surface area contributed by atoms with Crippen LogP contribution < -0.4 is 0 Å². The molecule has 1 aromatic heterocycles. The molecule has 0 amide bonds. The second-order valence-corrected chi connectivity index (χ2v) is 6.21. The first kappa shape index (κ1) is 14.2. The van der Waals surface area contributed by atoms with Gasteiger partial charge in [0.25, 0.3) is 0 Å². The summed E-state index contributed by atoms with van der Waals surface area (Å²) in [5.74, 6) is 0. The Balaban J connectivity index is 2.27. The third-order valence-electron chi connectivity index (χ3n) is 3.23. The van der Waals surface area contributed by atoms with E-state index in [1.54, 1.807) is 7.11 Å². The zero-order valence-electron chi connectivity index (χ0n) is 12.1. The fourth-order valence-electron chi connectivity index (χ4n) is 2.17. The van der Waals surface area contributed by atoms with Crippen LogP contribution in [-0.2, 0) is 11.2 Å². The van der Waals surface area contributed by atoms with Crippen LogP contribution in [0, 0.1) is 20.8 Å². The van der Waals surface area contributed by atoms with E-state index in [1.165, 1.54) is 26.6 Å². The molecule has 2 nitrogen and oxygen atoms in total. The van der Waals surface area contributed by atoms with Gasteiger partial charge >= 0.3 is 0 Å². The Kier molecular flexibility index (Phi) is 4.72. The first-order valence-electron chi connectivity index (χ1n) is 6.64. The molecule has 1 heterocycles. The summed E-state index contributed by atoms with van der Waals surface area (Å²) in [5, 5.41) is 1.21. The fraction of sp³-hybridized carbons (Fsp3) is 0.438. The van der Waals surface area contributed by atoms with Crippen LogP contribution in [0.15, 0.2) is 18.2 Å². The monoisotopic (exact) mass is 275 g/mol. The van der Waals surface area contributed by atoms with Gasteiger partial charge in [-0.3, -0.25) is 0 Å². The minimum atomic E-state index is 0.803. The van der Waals surface area contributed by atoms with Gasteiger partial charge < -0.3 is 4.74 Å². The number of hydrogen-bond donors (Lipinski definition) is 0. The highest BCUT2D eigenvalue weighted by atomic mass is 32.1. The average molecular weight is 275 g/mol. The number of thiazole rings is 1. The van der Waals surface area contributed by atoms with Gasteiger partial charge in [-0.1, -0.05) is 17.7 Å². The van der Waals surface area contributed by atoms with Crippen LogP contribution in [0.4, 0.5) is 0 Å². The molecule has 2 aromatic rings. The lowest BCUT2D eigenvalue weighted by molar-refractivity contribution is 0.195. The molecule has 0 saturated heterocycles. The van der Waals surface area contributed by atoms with Crippen molar-refractivity contribution in [1.82, 2.24) is 4.98 Å². The molecule has 0 fully saturated rings. The zero-order valence-corrected chi connectivity index (χ0v) is 12.9. The van der Waals surface area contributed by atoms with E-state index in [0.29, 0.717) is 0 Å². The smallest absolute Gasteiger partial charge is 0.0936 e. The lowest BCUT2D eigenvalue weighted by Gasteiger charge is -2.05. The maximum atomic E-state index is 5.10. The summed E-state index contributed by atoms with van der Waals surface area (Å²) in [5.41, 5.74) is 5.00. The van der Waals surface area contributed by atoms with Crippen LogP contribution in [0.25, 0.3) is 11.3 Å². The van der Waals surface area contributed by atoms with Gasteiger partial charge in [0, 0.05) is 30.6 Å². The third-order valence-corrected chi connectivity index (χ3v) is 4.26. The second-order valence-electron chi connectivity index (χ2n) is 4.93. The lowest BCUT2D eigenvalue weighted by Crippen LogP contribution is -1.92. The molecule has 0 N–H and O–H groups in total. The predicted octanol–water partition coefficient (Wildman–Crippen LogP) is 4.31. The topological polar surface area (TPSA) is 22.1 Å². The maximum absolute atomic E-state index is 5.10. The Morgan fingerprint density at radius 3 is 2.74 bits per heavy atom. The quantitative estimate of drug-likeness (QED) is 0.758. The number of hydrogen-bond acceptors (Lipinski definition) is 3. The van der Waals surface area contributed by atoms with Gasteiger partial charge in [0.1, 0.15) is 0 Å².